The second kappa shape index (κ2) is 8.70. The second-order valence-corrected chi connectivity index (χ2v) is 3.47. The van der Waals surface area contributed by atoms with Crippen LogP contribution in [0.3, 0.4) is 0 Å². The fourth-order valence-corrected chi connectivity index (χ4v) is 1.18. The van der Waals surface area contributed by atoms with Gasteiger partial charge in [0.25, 0.3) is 0 Å². The van der Waals surface area contributed by atoms with Crippen LogP contribution in [-0.2, 0) is 9.59 Å². The molecule has 0 heterocycles. The molecule has 7 heteroatoms. The van der Waals surface area contributed by atoms with Crippen molar-refractivity contribution in [3.05, 3.63) is 10.4 Å². The van der Waals surface area contributed by atoms with Crippen LogP contribution in [0.15, 0.2) is 5.11 Å². The number of azide groups is 1. The monoisotopic (exact) mass is 228 g/mol. The third-order valence-electron chi connectivity index (χ3n) is 2.10. The van der Waals surface area contributed by atoms with Crippen LogP contribution in [0, 0.1) is 0 Å². The second-order valence-electron chi connectivity index (χ2n) is 3.47. The molecule has 0 saturated heterocycles. The molecule has 7 nitrogen and oxygen atoms in total. The lowest BCUT2D eigenvalue weighted by molar-refractivity contribution is -0.138. The summed E-state index contributed by atoms with van der Waals surface area (Å²) in [7, 11) is 0. The standard InChI is InChI=1S/C9H16N4O3/c10-8(9(15)16)5-3-1-2-4-7(14)6-12-13-11/h8H,1-6,10H2,(H,15,16)/t8-/m0/s1. The summed E-state index contributed by atoms with van der Waals surface area (Å²) in [6.07, 6.45) is 2.89. The van der Waals surface area contributed by atoms with Crippen molar-refractivity contribution in [1.29, 1.82) is 0 Å². The molecule has 0 aromatic carbocycles. The van der Waals surface area contributed by atoms with Crippen LogP contribution in [0.4, 0.5) is 0 Å². The Hall–Kier alpha value is -1.59. The highest BCUT2D eigenvalue weighted by atomic mass is 16.4. The zero-order valence-corrected chi connectivity index (χ0v) is 9.00. The van der Waals surface area contributed by atoms with E-state index in [0.717, 1.165) is 6.42 Å². The molecule has 0 unspecified atom stereocenters. The summed E-state index contributed by atoms with van der Waals surface area (Å²) in [5, 5.41) is 11.7. The van der Waals surface area contributed by atoms with Gasteiger partial charge in [-0.05, 0) is 18.4 Å². The molecule has 0 aromatic rings. The Balaban J connectivity index is 3.43. The number of rotatable bonds is 9. The molecule has 0 aliphatic heterocycles. The van der Waals surface area contributed by atoms with Crippen LogP contribution < -0.4 is 5.73 Å². The number of carboxylic acids is 1. The van der Waals surface area contributed by atoms with E-state index in [1.807, 2.05) is 0 Å². The third-order valence-corrected chi connectivity index (χ3v) is 2.10. The maximum atomic E-state index is 11.0. The average molecular weight is 228 g/mol. The third kappa shape index (κ3) is 7.78. The Morgan fingerprint density at radius 2 is 2.06 bits per heavy atom. The van der Waals surface area contributed by atoms with E-state index in [4.69, 9.17) is 16.4 Å². The molecule has 0 aliphatic rings. The number of hydrogen-bond donors (Lipinski definition) is 2. The number of nitrogens with two attached hydrogens (primary N) is 1. The maximum Gasteiger partial charge on any atom is 0.320 e. The van der Waals surface area contributed by atoms with Crippen LogP contribution in [0.1, 0.15) is 32.1 Å². The van der Waals surface area contributed by atoms with Crippen molar-refractivity contribution in [3.8, 4) is 0 Å². The van der Waals surface area contributed by atoms with Gasteiger partial charge in [0, 0.05) is 11.3 Å². The quantitative estimate of drug-likeness (QED) is 0.266. The molecule has 16 heavy (non-hydrogen) atoms. The van der Waals surface area contributed by atoms with Crippen LogP contribution >= 0.6 is 0 Å². The number of hydrogen-bond acceptors (Lipinski definition) is 4. The Labute approximate surface area is 93.2 Å². The minimum atomic E-state index is -1.00. The number of aliphatic carboxylic acids is 1. The highest BCUT2D eigenvalue weighted by Gasteiger charge is 2.10. The highest BCUT2D eigenvalue weighted by Crippen LogP contribution is 2.05. The van der Waals surface area contributed by atoms with Gasteiger partial charge in [0.2, 0.25) is 0 Å². The van der Waals surface area contributed by atoms with Crippen molar-refractivity contribution in [1.82, 2.24) is 0 Å². The molecule has 0 saturated carbocycles. The van der Waals surface area contributed by atoms with Crippen LogP contribution in [-0.4, -0.2) is 29.4 Å². The summed E-state index contributed by atoms with van der Waals surface area (Å²) in [6, 6.07) is -0.820. The molecule has 90 valence electrons. The summed E-state index contributed by atoms with van der Waals surface area (Å²) in [4.78, 5) is 23.9. The Kier molecular flexibility index (Phi) is 7.83. The Morgan fingerprint density at radius 1 is 1.38 bits per heavy atom. The number of ketones is 1. The molecule has 3 N–H and O–H groups in total. The first kappa shape index (κ1) is 14.4. The van der Waals surface area contributed by atoms with E-state index in [1.165, 1.54) is 0 Å². The zero-order valence-electron chi connectivity index (χ0n) is 9.00. The van der Waals surface area contributed by atoms with Gasteiger partial charge in [-0.25, -0.2) is 0 Å². The smallest absolute Gasteiger partial charge is 0.320 e. The lowest BCUT2D eigenvalue weighted by Crippen LogP contribution is -2.29. The molecule has 0 aliphatic carbocycles. The summed E-state index contributed by atoms with van der Waals surface area (Å²) in [6.45, 7) is -0.106. The number of carbonyl (C=O) groups is 2. The van der Waals surface area contributed by atoms with Crippen molar-refractivity contribution < 1.29 is 14.7 Å². The van der Waals surface area contributed by atoms with Gasteiger partial charge < -0.3 is 10.8 Å². The summed E-state index contributed by atoms with van der Waals surface area (Å²) in [5.41, 5.74) is 13.3. The van der Waals surface area contributed by atoms with Crippen molar-refractivity contribution >= 4 is 11.8 Å². The first-order chi connectivity index (χ1) is 7.57. The van der Waals surface area contributed by atoms with E-state index in [9.17, 15) is 9.59 Å². The lowest BCUT2D eigenvalue weighted by Gasteiger charge is -2.04. The van der Waals surface area contributed by atoms with Crippen LogP contribution in [0.25, 0.3) is 10.4 Å². The van der Waals surface area contributed by atoms with Gasteiger partial charge in [0.1, 0.15) is 11.8 Å². The summed E-state index contributed by atoms with van der Waals surface area (Å²) >= 11 is 0. The zero-order chi connectivity index (χ0) is 12.4. The van der Waals surface area contributed by atoms with E-state index in [-0.39, 0.29) is 12.3 Å². The molecular weight excluding hydrogens is 212 g/mol. The molecule has 0 aromatic heterocycles. The van der Waals surface area contributed by atoms with E-state index >= 15 is 0 Å². The number of Topliss-reactive ketones (excluding diaryl/α,β-unsaturated/α-hetero) is 1. The van der Waals surface area contributed by atoms with Gasteiger partial charge in [-0.15, -0.1) is 0 Å². The number of carboxylic acid groups (broad SMARTS) is 1. The van der Waals surface area contributed by atoms with E-state index < -0.39 is 12.0 Å². The van der Waals surface area contributed by atoms with Crippen LogP contribution in [0.5, 0.6) is 0 Å². The van der Waals surface area contributed by atoms with Gasteiger partial charge in [0.05, 0.1) is 6.54 Å². The molecule has 0 spiro atoms. The minimum Gasteiger partial charge on any atom is -0.480 e. The average Bonchev–Trinajstić information content (AvgIpc) is 2.25. The molecule has 1 atom stereocenters. The van der Waals surface area contributed by atoms with Gasteiger partial charge in [0.15, 0.2) is 0 Å². The Morgan fingerprint density at radius 3 is 2.62 bits per heavy atom. The molecular formula is C9H16N4O3. The van der Waals surface area contributed by atoms with Gasteiger partial charge in [-0.3, -0.25) is 9.59 Å². The van der Waals surface area contributed by atoms with Crippen molar-refractivity contribution in [2.24, 2.45) is 10.8 Å². The van der Waals surface area contributed by atoms with E-state index in [2.05, 4.69) is 10.0 Å². The Bertz CT molecular complexity index is 286. The predicted octanol–water partition coefficient (Wildman–Crippen LogP) is 1.23. The molecule has 0 rings (SSSR count). The number of unbranched alkanes of at least 4 members (excludes halogenated alkanes) is 2. The summed E-state index contributed by atoms with van der Waals surface area (Å²) < 4.78 is 0. The first-order valence-corrected chi connectivity index (χ1v) is 5.09. The highest BCUT2D eigenvalue weighted by molar-refractivity contribution is 5.80. The molecule has 0 fully saturated rings. The van der Waals surface area contributed by atoms with Gasteiger partial charge in [-0.1, -0.05) is 18.0 Å². The SMILES string of the molecule is [N-]=[N+]=NCC(=O)CCCCC[C@H](N)C(=O)O. The van der Waals surface area contributed by atoms with E-state index in [1.54, 1.807) is 0 Å². The summed E-state index contributed by atoms with van der Waals surface area (Å²) in [5.74, 6) is -1.10. The topological polar surface area (TPSA) is 129 Å². The normalized spacial score (nSPS) is 11.6. The fraction of sp³-hybridized carbons (Fsp3) is 0.778. The van der Waals surface area contributed by atoms with Gasteiger partial charge >= 0.3 is 5.97 Å². The van der Waals surface area contributed by atoms with E-state index in [0.29, 0.717) is 25.7 Å². The van der Waals surface area contributed by atoms with Crippen molar-refractivity contribution in [2.45, 2.75) is 38.1 Å². The first-order valence-electron chi connectivity index (χ1n) is 5.09. The minimum absolute atomic E-state index is 0.0969. The maximum absolute atomic E-state index is 11.0. The lowest BCUT2D eigenvalue weighted by atomic mass is 10.1. The largest absolute Gasteiger partial charge is 0.480 e. The predicted molar refractivity (Wildman–Crippen MR) is 57.7 cm³/mol. The molecule has 0 bridgehead atoms. The van der Waals surface area contributed by atoms with Crippen molar-refractivity contribution in [3.63, 3.8) is 0 Å². The van der Waals surface area contributed by atoms with Crippen LogP contribution in [0.2, 0.25) is 0 Å². The fourth-order valence-electron chi connectivity index (χ4n) is 1.18. The number of nitrogens with zero attached hydrogens (tertiary/aromatic N) is 3. The van der Waals surface area contributed by atoms with Crippen molar-refractivity contribution in [2.75, 3.05) is 6.54 Å². The molecule has 0 amide bonds. The van der Waals surface area contributed by atoms with Gasteiger partial charge in [-0.2, -0.15) is 0 Å². The molecule has 0 radical (unpaired) electrons. The number of carbonyl (C=O) groups excluding carboxylic acids is 1.